The minimum atomic E-state index is -4.48. The number of fused-ring (bicyclic) bond motifs is 1. The number of nitrogens with zero attached hydrogens (tertiary/aromatic N) is 5. The summed E-state index contributed by atoms with van der Waals surface area (Å²) in [6.07, 6.45) is 2.26. The SMILES string of the molecule is CCc1nn(C)cc1C(=O)N[C@H]1CC[C@@H](N(C)c2cccc3nc(C(F)(F)F)cn23)CC1. The van der Waals surface area contributed by atoms with Crippen LogP contribution in [0, 0.1) is 0 Å². The first-order chi connectivity index (χ1) is 15.2. The third-order valence-electron chi connectivity index (χ3n) is 6.19. The summed E-state index contributed by atoms with van der Waals surface area (Å²) in [6, 6.07) is 5.33. The van der Waals surface area contributed by atoms with Gasteiger partial charge in [0.1, 0.15) is 11.5 Å². The van der Waals surface area contributed by atoms with Gasteiger partial charge in [0.2, 0.25) is 0 Å². The molecule has 0 spiro atoms. The Balaban J connectivity index is 1.42. The van der Waals surface area contributed by atoms with Crippen molar-refractivity contribution in [1.29, 1.82) is 0 Å². The van der Waals surface area contributed by atoms with Crippen LogP contribution < -0.4 is 10.2 Å². The van der Waals surface area contributed by atoms with Crippen LogP contribution in [0.2, 0.25) is 0 Å². The van der Waals surface area contributed by atoms with E-state index < -0.39 is 11.9 Å². The maximum absolute atomic E-state index is 13.1. The number of carbonyl (C=O) groups is 1. The largest absolute Gasteiger partial charge is 0.434 e. The molecule has 1 fully saturated rings. The summed E-state index contributed by atoms with van der Waals surface area (Å²) in [5.74, 6) is 0.565. The predicted molar refractivity (Wildman–Crippen MR) is 115 cm³/mol. The predicted octanol–water partition coefficient (Wildman–Crippen LogP) is 3.83. The van der Waals surface area contributed by atoms with Crippen molar-refractivity contribution in [2.24, 2.45) is 7.05 Å². The first kappa shape index (κ1) is 22.2. The Kier molecular flexibility index (Phi) is 5.87. The highest BCUT2D eigenvalue weighted by Crippen LogP contribution is 2.31. The van der Waals surface area contributed by atoms with Crippen molar-refractivity contribution < 1.29 is 18.0 Å². The van der Waals surface area contributed by atoms with Gasteiger partial charge in [-0.3, -0.25) is 13.9 Å². The number of pyridine rings is 1. The van der Waals surface area contributed by atoms with Gasteiger partial charge >= 0.3 is 6.18 Å². The van der Waals surface area contributed by atoms with Gasteiger partial charge in [-0.1, -0.05) is 13.0 Å². The van der Waals surface area contributed by atoms with Crippen LogP contribution in [0.15, 0.2) is 30.6 Å². The molecule has 1 aliphatic carbocycles. The van der Waals surface area contributed by atoms with Crippen molar-refractivity contribution in [2.75, 3.05) is 11.9 Å². The maximum atomic E-state index is 13.1. The van der Waals surface area contributed by atoms with Crippen molar-refractivity contribution in [3.05, 3.63) is 47.5 Å². The number of anilines is 1. The Bertz CT molecular complexity index is 1110. The van der Waals surface area contributed by atoms with Gasteiger partial charge < -0.3 is 10.2 Å². The molecule has 1 amide bonds. The Morgan fingerprint density at radius 1 is 1.22 bits per heavy atom. The zero-order valence-electron chi connectivity index (χ0n) is 18.4. The van der Waals surface area contributed by atoms with E-state index in [1.165, 1.54) is 4.40 Å². The lowest BCUT2D eigenvalue weighted by Crippen LogP contribution is -2.43. The molecule has 0 radical (unpaired) electrons. The third-order valence-corrected chi connectivity index (χ3v) is 6.19. The summed E-state index contributed by atoms with van der Waals surface area (Å²) >= 11 is 0. The van der Waals surface area contributed by atoms with Crippen LogP contribution in [0.1, 0.15) is 54.4 Å². The lowest BCUT2D eigenvalue weighted by molar-refractivity contribution is -0.140. The average molecular weight is 448 g/mol. The summed E-state index contributed by atoms with van der Waals surface area (Å²) < 4.78 is 42.5. The molecule has 10 heteroatoms. The second-order valence-electron chi connectivity index (χ2n) is 8.34. The van der Waals surface area contributed by atoms with Crippen molar-refractivity contribution in [1.82, 2.24) is 24.5 Å². The molecule has 4 rings (SSSR count). The van der Waals surface area contributed by atoms with E-state index in [-0.39, 0.29) is 23.6 Å². The Morgan fingerprint density at radius 3 is 2.59 bits per heavy atom. The number of aromatic nitrogens is 4. The number of hydrogen-bond donors (Lipinski definition) is 1. The molecule has 0 bridgehead atoms. The molecule has 3 aromatic heterocycles. The van der Waals surface area contributed by atoms with Gasteiger partial charge in [0.15, 0.2) is 5.69 Å². The molecule has 32 heavy (non-hydrogen) atoms. The highest BCUT2D eigenvalue weighted by atomic mass is 19.4. The number of halogens is 3. The first-order valence-electron chi connectivity index (χ1n) is 10.8. The number of hydrogen-bond acceptors (Lipinski definition) is 4. The highest BCUT2D eigenvalue weighted by molar-refractivity contribution is 5.95. The molecule has 0 atom stereocenters. The van der Waals surface area contributed by atoms with E-state index in [0.717, 1.165) is 37.6 Å². The number of aryl methyl sites for hydroxylation is 2. The van der Waals surface area contributed by atoms with E-state index in [1.54, 1.807) is 36.1 Å². The Hall–Kier alpha value is -3.04. The molecule has 3 heterocycles. The summed E-state index contributed by atoms with van der Waals surface area (Å²) in [5, 5.41) is 7.45. The molecule has 3 aromatic rings. The second kappa shape index (κ2) is 8.48. The molecule has 0 aliphatic heterocycles. The van der Waals surface area contributed by atoms with Crippen LogP contribution in [-0.4, -0.2) is 44.2 Å². The minimum Gasteiger partial charge on any atom is -0.358 e. The smallest absolute Gasteiger partial charge is 0.358 e. The van der Waals surface area contributed by atoms with Gasteiger partial charge in [-0.15, -0.1) is 0 Å². The molecule has 1 N–H and O–H groups in total. The highest BCUT2D eigenvalue weighted by Gasteiger charge is 2.34. The van der Waals surface area contributed by atoms with Gasteiger partial charge in [-0.05, 0) is 44.2 Å². The van der Waals surface area contributed by atoms with Crippen LogP contribution in [0.5, 0.6) is 0 Å². The molecule has 7 nitrogen and oxygen atoms in total. The lowest BCUT2D eigenvalue weighted by atomic mass is 9.90. The minimum absolute atomic E-state index is 0.0675. The number of nitrogens with one attached hydrogen (secondary N) is 1. The zero-order valence-corrected chi connectivity index (χ0v) is 18.4. The molecule has 0 unspecified atom stereocenters. The Morgan fingerprint density at radius 2 is 1.94 bits per heavy atom. The van der Waals surface area contributed by atoms with Crippen LogP contribution >= 0.6 is 0 Å². The summed E-state index contributed by atoms with van der Waals surface area (Å²) in [4.78, 5) is 18.4. The van der Waals surface area contributed by atoms with E-state index in [4.69, 9.17) is 0 Å². The molecular weight excluding hydrogens is 421 g/mol. The molecule has 1 saturated carbocycles. The Labute approximate surface area is 184 Å². The van der Waals surface area contributed by atoms with Crippen molar-refractivity contribution >= 4 is 17.4 Å². The summed E-state index contributed by atoms with van der Waals surface area (Å²) in [6.45, 7) is 1.97. The van der Waals surface area contributed by atoms with E-state index in [2.05, 4.69) is 15.4 Å². The van der Waals surface area contributed by atoms with Crippen LogP contribution in [0.3, 0.4) is 0 Å². The van der Waals surface area contributed by atoms with Gasteiger partial charge in [0.25, 0.3) is 5.91 Å². The topological polar surface area (TPSA) is 67.5 Å². The van der Waals surface area contributed by atoms with Crippen molar-refractivity contribution in [3.8, 4) is 0 Å². The fourth-order valence-electron chi connectivity index (χ4n) is 4.46. The lowest BCUT2D eigenvalue weighted by Gasteiger charge is -2.36. The van der Waals surface area contributed by atoms with Crippen LogP contribution in [0.4, 0.5) is 19.0 Å². The number of alkyl halides is 3. The fourth-order valence-corrected chi connectivity index (χ4v) is 4.46. The number of rotatable bonds is 5. The van der Waals surface area contributed by atoms with Crippen LogP contribution in [0.25, 0.3) is 5.65 Å². The van der Waals surface area contributed by atoms with E-state index in [0.29, 0.717) is 17.8 Å². The molecule has 172 valence electrons. The van der Waals surface area contributed by atoms with Gasteiger partial charge in [-0.25, -0.2) is 4.98 Å². The molecule has 1 aliphatic rings. The maximum Gasteiger partial charge on any atom is 0.434 e. The average Bonchev–Trinajstić information content (AvgIpc) is 3.37. The van der Waals surface area contributed by atoms with Crippen molar-refractivity contribution in [2.45, 2.75) is 57.3 Å². The quantitative estimate of drug-likeness (QED) is 0.644. The standard InChI is InChI=1S/C22H27F3N6O/c1-4-17-16(12-29(2)28-17)21(32)26-14-8-10-15(11-9-14)30(3)20-7-5-6-19-27-18(13-31(19)20)22(23,24)25/h5-7,12-15H,4,8-11H2,1-3H3,(H,26,32)/t14-,15+. The summed E-state index contributed by atoms with van der Waals surface area (Å²) in [7, 11) is 3.70. The monoisotopic (exact) mass is 448 g/mol. The van der Waals surface area contributed by atoms with Gasteiger partial charge in [0.05, 0.1) is 11.3 Å². The van der Waals surface area contributed by atoms with Gasteiger partial charge in [0, 0.05) is 38.6 Å². The van der Waals surface area contributed by atoms with Crippen LogP contribution in [-0.2, 0) is 19.6 Å². The van der Waals surface area contributed by atoms with E-state index in [1.807, 2.05) is 18.9 Å². The number of imidazole rings is 1. The molecular formula is C22H27F3N6O. The number of amides is 1. The second-order valence-corrected chi connectivity index (χ2v) is 8.34. The first-order valence-corrected chi connectivity index (χ1v) is 10.8. The normalized spacial score (nSPS) is 19.3. The molecule has 0 saturated heterocycles. The fraction of sp³-hybridized carbons (Fsp3) is 0.500. The number of carbonyl (C=O) groups excluding carboxylic acids is 1. The van der Waals surface area contributed by atoms with Gasteiger partial charge in [-0.2, -0.15) is 18.3 Å². The zero-order chi connectivity index (χ0) is 23.0. The van der Waals surface area contributed by atoms with E-state index >= 15 is 0 Å². The van der Waals surface area contributed by atoms with E-state index in [9.17, 15) is 18.0 Å². The molecule has 0 aromatic carbocycles. The summed E-state index contributed by atoms with van der Waals surface area (Å²) in [5.41, 5.74) is 0.768. The van der Waals surface area contributed by atoms with Crippen molar-refractivity contribution in [3.63, 3.8) is 0 Å². The third kappa shape index (κ3) is 4.31.